The molecule has 10 heavy (non-hydrogen) atoms. The van der Waals surface area contributed by atoms with Gasteiger partial charge in [0.25, 0.3) is 0 Å². The topological polar surface area (TPSA) is 0 Å². The van der Waals surface area contributed by atoms with E-state index in [0.717, 1.165) is 11.8 Å². The maximum Gasteiger partial charge on any atom is -0.0391 e. The molecule has 0 heterocycles. The van der Waals surface area contributed by atoms with Crippen molar-refractivity contribution in [2.75, 3.05) is 0 Å². The lowest BCUT2D eigenvalue weighted by molar-refractivity contribution is 0.407. The highest BCUT2D eigenvalue weighted by molar-refractivity contribution is 4.72. The highest BCUT2D eigenvalue weighted by Gasteiger charge is 2.20. The van der Waals surface area contributed by atoms with Crippen molar-refractivity contribution in [3.05, 3.63) is 0 Å². The molecule has 2 unspecified atom stereocenters. The molecule has 1 fully saturated rings. The average Bonchev–Trinajstić information content (AvgIpc) is 2.39. The average molecular weight is 142 g/mol. The van der Waals surface area contributed by atoms with E-state index in [1.165, 1.54) is 25.7 Å². The Labute approximate surface area is 66.0 Å². The summed E-state index contributed by atoms with van der Waals surface area (Å²) in [4.78, 5) is 0. The minimum Gasteiger partial charge on any atom is -0.0683 e. The second-order valence-electron chi connectivity index (χ2n) is 3.08. The van der Waals surface area contributed by atoms with Crippen LogP contribution in [0.25, 0.3) is 0 Å². The Balaban J connectivity index is 0.000000371. The fourth-order valence-electron chi connectivity index (χ4n) is 1.83. The first-order valence-electron chi connectivity index (χ1n) is 4.84. The third-order valence-electron chi connectivity index (χ3n) is 2.56. The van der Waals surface area contributed by atoms with Gasteiger partial charge in [-0.1, -0.05) is 53.4 Å². The van der Waals surface area contributed by atoms with E-state index in [1.54, 1.807) is 0 Å². The summed E-state index contributed by atoms with van der Waals surface area (Å²) >= 11 is 0. The van der Waals surface area contributed by atoms with Crippen LogP contribution in [0.2, 0.25) is 0 Å². The van der Waals surface area contributed by atoms with Gasteiger partial charge in [-0.25, -0.2) is 0 Å². The Hall–Kier alpha value is 0. The van der Waals surface area contributed by atoms with Crippen LogP contribution in [0.1, 0.15) is 53.4 Å². The standard InChI is InChI=1S/C8H16.C2H6/c1-3-8-6-4-5-7(8)2;1-2/h7-8H,3-6H2,1-2H3;1-2H3. The maximum absolute atomic E-state index is 2.39. The van der Waals surface area contributed by atoms with Crippen LogP contribution in [-0.4, -0.2) is 0 Å². The summed E-state index contributed by atoms with van der Waals surface area (Å²) in [5.41, 5.74) is 0. The van der Waals surface area contributed by atoms with E-state index >= 15 is 0 Å². The third kappa shape index (κ3) is 2.72. The molecule has 1 saturated carbocycles. The van der Waals surface area contributed by atoms with Gasteiger partial charge in [0, 0.05) is 0 Å². The number of rotatable bonds is 1. The van der Waals surface area contributed by atoms with E-state index in [0.29, 0.717) is 0 Å². The van der Waals surface area contributed by atoms with Gasteiger partial charge in [0.05, 0.1) is 0 Å². The van der Waals surface area contributed by atoms with Crippen LogP contribution in [-0.2, 0) is 0 Å². The van der Waals surface area contributed by atoms with Gasteiger partial charge in [0.1, 0.15) is 0 Å². The van der Waals surface area contributed by atoms with Crippen molar-refractivity contribution < 1.29 is 0 Å². The molecule has 0 amide bonds. The Morgan fingerprint density at radius 3 is 2.00 bits per heavy atom. The summed E-state index contributed by atoms with van der Waals surface area (Å²) in [6.45, 7) is 8.70. The lowest BCUT2D eigenvalue weighted by Crippen LogP contribution is -2.00. The van der Waals surface area contributed by atoms with Crippen LogP contribution >= 0.6 is 0 Å². The van der Waals surface area contributed by atoms with E-state index in [2.05, 4.69) is 13.8 Å². The van der Waals surface area contributed by atoms with Crippen molar-refractivity contribution >= 4 is 0 Å². The molecule has 1 rings (SSSR count). The molecule has 2 atom stereocenters. The molecule has 1 aliphatic carbocycles. The van der Waals surface area contributed by atoms with Gasteiger partial charge in [-0.05, 0) is 11.8 Å². The van der Waals surface area contributed by atoms with Crippen LogP contribution < -0.4 is 0 Å². The summed E-state index contributed by atoms with van der Waals surface area (Å²) in [6, 6.07) is 0. The molecule has 0 aromatic heterocycles. The lowest BCUT2D eigenvalue weighted by atomic mass is 9.96. The molecule has 0 aliphatic heterocycles. The minimum atomic E-state index is 1.03. The molecule has 62 valence electrons. The van der Waals surface area contributed by atoms with E-state index in [4.69, 9.17) is 0 Å². The van der Waals surface area contributed by atoms with Gasteiger partial charge >= 0.3 is 0 Å². The van der Waals surface area contributed by atoms with Crippen LogP contribution in [0.15, 0.2) is 0 Å². The van der Waals surface area contributed by atoms with Crippen molar-refractivity contribution in [2.45, 2.75) is 53.4 Å². The lowest BCUT2D eigenvalue weighted by Gasteiger charge is -2.10. The maximum atomic E-state index is 2.39. The van der Waals surface area contributed by atoms with Gasteiger partial charge in [-0.2, -0.15) is 0 Å². The summed E-state index contributed by atoms with van der Waals surface area (Å²) in [7, 11) is 0. The van der Waals surface area contributed by atoms with Crippen molar-refractivity contribution in [1.29, 1.82) is 0 Å². The molecule has 0 spiro atoms. The van der Waals surface area contributed by atoms with Gasteiger partial charge in [-0.15, -0.1) is 0 Å². The Morgan fingerprint density at radius 2 is 1.80 bits per heavy atom. The second kappa shape index (κ2) is 5.76. The number of hydrogen-bond acceptors (Lipinski definition) is 0. The Morgan fingerprint density at radius 1 is 1.20 bits per heavy atom. The van der Waals surface area contributed by atoms with Crippen LogP contribution in [0, 0.1) is 11.8 Å². The quantitative estimate of drug-likeness (QED) is 0.521. The second-order valence-corrected chi connectivity index (χ2v) is 3.08. The fourth-order valence-corrected chi connectivity index (χ4v) is 1.83. The smallest absolute Gasteiger partial charge is 0.0391 e. The SMILES string of the molecule is CC.CCC1CCCC1C. The predicted molar refractivity (Wildman–Crippen MR) is 48.1 cm³/mol. The molecule has 0 saturated heterocycles. The zero-order valence-electron chi connectivity index (χ0n) is 7.98. The first-order chi connectivity index (χ1) is 4.84. The summed E-state index contributed by atoms with van der Waals surface area (Å²) < 4.78 is 0. The minimum absolute atomic E-state index is 1.03. The first kappa shape index (κ1) is 10.0. The van der Waals surface area contributed by atoms with Crippen molar-refractivity contribution in [1.82, 2.24) is 0 Å². The van der Waals surface area contributed by atoms with Gasteiger partial charge in [0.15, 0.2) is 0 Å². The summed E-state index contributed by atoms with van der Waals surface area (Å²) in [6.07, 6.45) is 5.87. The molecule has 0 bridgehead atoms. The molecule has 1 aliphatic rings. The molecular weight excluding hydrogens is 120 g/mol. The Kier molecular flexibility index (Phi) is 5.76. The van der Waals surface area contributed by atoms with E-state index in [1.807, 2.05) is 13.8 Å². The number of hydrogen-bond donors (Lipinski definition) is 0. The first-order valence-corrected chi connectivity index (χ1v) is 4.84. The van der Waals surface area contributed by atoms with Crippen molar-refractivity contribution in [3.63, 3.8) is 0 Å². The van der Waals surface area contributed by atoms with E-state index in [9.17, 15) is 0 Å². The molecule has 0 nitrogen and oxygen atoms in total. The van der Waals surface area contributed by atoms with Gasteiger partial charge in [0.2, 0.25) is 0 Å². The zero-order valence-corrected chi connectivity index (χ0v) is 7.98. The molecule has 0 N–H and O–H groups in total. The Bertz CT molecular complexity index is 66.4. The molecular formula is C10H22. The van der Waals surface area contributed by atoms with Crippen LogP contribution in [0.4, 0.5) is 0 Å². The van der Waals surface area contributed by atoms with Gasteiger partial charge < -0.3 is 0 Å². The van der Waals surface area contributed by atoms with Crippen molar-refractivity contribution in [3.8, 4) is 0 Å². The van der Waals surface area contributed by atoms with Crippen LogP contribution in [0.5, 0.6) is 0 Å². The monoisotopic (exact) mass is 142 g/mol. The largest absolute Gasteiger partial charge is 0.0683 e. The van der Waals surface area contributed by atoms with E-state index in [-0.39, 0.29) is 0 Å². The molecule has 0 aromatic carbocycles. The molecule has 0 radical (unpaired) electrons. The summed E-state index contributed by atoms with van der Waals surface area (Å²) in [5.74, 6) is 2.09. The van der Waals surface area contributed by atoms with Crippen LogP contribution in [0.3, 0.4) is 0 Å². The fraction of sp³-hybridized carbons (Fsp3) is 1.00. The normalized spacial score (nSPS) is 31.2. The summed E-state index contributed by atoms with van der Waals surface area (Å²) in [5, 5.41) is 0. The predicted octanol–water partition coefficient (Wildman–Crippen LogP) is 3.86. The van der Waals surface area contributed by atoms with Crippen molar-refractivity contribution in [2.24, 2.45) is 11.8 Å². The van der Waals surface area contributed by atoms with E-state index < -0.39 is 0 Å². The van der Waals surface area contributed by atoms with Gasteiger partial charge in [-0.3, -0.25) is 0 Å². The molecule has 0 heteroatoms. The molecule has 0 aromatic rings. The third-order valence-corrected chi connectivity index (χ3v) is 2.56. The zero-order chi connectivity index (χ0) is 7.98. The highest BCUT2D eigenvalue weighted by Crippen LogP contribution is 2.32. The highest BCUT2D eigenvalue weighted by atomic mass is 14.3.